The molecule has 26 heavy (non-hydrogen) atoms. The number of carboxylic acids is 1. The van der Waals surface area contributed by atoms with Gasteiger partial charge in [-0.25, -0.2) is 4.79 Å². The molecule has 2 aliphatic rings. The standard InChI is InChI=1S/C19H25N3O4/c1-13-9-15(11-20-10-13)17(24)21-7-5-19(6-8-21)4-3-16(23)22(12-19)14(2)18(25)26/h9-11,14H,3-8,12H2,1-2H3,(H,25,26)/t14-/m0/s1. The van der Waals surface area contributed by atoms with Crippen molar-refractivity contribution in [2.75, 3.05) is 19.6 Å². The molecule has 0 aromatic carbocycles. The summed E-state index contributed by atoms with van der Waals surface area (Å²) >= 11 is 0. The molecule has 7 nitrogen and oxygen atoms in total. The van der Waals surface area contributed by atoms with Gasteiger partial charge in [-0.3, -0.25) is 14.6 Å². The van der Waals surface area contributed by atoms with Crippen LogP contribution in [0.2, 0.25) is 0 Å². The molecular weight excluding hydrogens is 334 g/mol. The number of aromatic nitrogens is 1. The Hall–Kier alpha value is -2.44. The summed E-state index contributed by atoms with van der Waals surface area (Å²) in [7, 11) is 0. The number of carboxylic acid groups (broad SMARTS) is 1. The van der Waals surface area contributed by atoms with Crippen LogP contribution in [0.3, 0.4) is 0 Å². The van der Waals surface area contributed by atoms with Crippen molar-refractivity contribution in [3.05, 3.63) is 29.6 Å². The van der Waals surface area contributed by atoms with Gasteiger partial charge < -0.3 is 14.9 Å². The van der Waals surface area contributed by atoms with E-state index in [0.717, 1.165) is 24.8 Å². The molecule has 2 saturated heterocycles. The van der Waals surface area contributed by atoms with Gasteiger partial charge in [0.2, 0.25) is 5.91 Å². The quantitative estimate of drug-likeness (QED) is 0.887. The maximum absolute atomic E-state index is 12.7. The lowest BCUT2D eigenvalue weighted by Gasteiger charge is -2.48. The van der Waals surface area contributed by atoms with Gasteiger partial charge >= 0.3 is 5.97 Å². The predicted octanol–water partition coefficient (Wildman–Crippen LogP) is 1.71. The Kier molecular flexibility index (Phi) is 4.98. The Balaban J connectivity index is 1.66. The minimum Gasteiger partial charge on any atom is -0.480 e. The number of nitrogens with zero attached hydrogens (tertiary/aromatic N) is 3. The molecule has 1 N–H and O–H groups in total. The fraction of sp³-hybridized carbons (Fsp3) is 0.579. The summed E-state index contributed by atoms with van der Waals surface area (Å²) in [4.78, 5) is 43.5. The van der Waals surface area contributed by atoms with Gasteiger partial charge in [-0.1, -0.05) is 0 Å². The number of piperidine rings is 2. The predicted molar refractivity (Wildman–Crippen MR) is 94.6 cm³/mol. The largest absolute Gasteiger partial charge is 0.480 e. The van der Waals surface area contributed by atoms with Crippen LogP contribution < -0.4 is 0 Å². The Morgan fingerprint density at radius 2 is 1.92 bits per heavy atom. The van der Waals surface area contributed by atoms with Crippen molar-refractivity contribution in [2.24, 2.45) is 5.41 Å². The number of likely N-dealkylation sites (tertiary alicyclic amines) is 2. The van der Waals surface area contributed by atoms with E-state index in [2.05, 4.69) is 4.98 Å². The summed E-state index contributed by atoms with van der Waals surface area (Å²) in [6.45, 7) is 5.18. The summed E-state index contributed by atoms with van der Waals surface area (Å²) in [5.74, 6) is -1.08. The van der Waals surface area contributed by atoms with Crippen LogP contribution in [0.4, 0.5) is 0 Å². The maximum Gasteiger partial charge on any atom is 0.326 e. The van der Waals surface area contributed by atoms with Crippen LogP contribution in [0.5, 0.6) is 0 Å². The number of hydrogen-bond acceptors (Lipinski definition) is 4. The second kappa shape index (κ2) is 7.05. The molecule has 0 bridgehead atoms. The highest BCUT2D eigenvalue weighted by Crippen LogP contribution is 2.41. The van der Waals surface area contributed by atoms with Crippen LogP contribution in [-0.2, 0) is 9.59 Å². The molecule has 0 aliphatic carbocycles. The summed E-state index contributed by atoms with van der Waals surface area (Å²) in [5, 5.41) is 9.25. The zero-order valence-corrected chi connectivity index (χ0v) is 15.3. The summed E-state index contributed by atoms with van der Waals surface area (Å²) in [5.41, 5.74) is 1.47. The van der Waals surface area contributed by atoms with E-state index in [-0.39, 0.29) is 17.2 Å². The monoisotopic (exact) mass is 359 g/mol. The van der Waals surface area contributed by atoms with Crippen LogP contribution in [0.15, 0.2) is 18.5 Å². The van der Waals surface area contributed by atoms with E-state index in [1.807, 2.05) is 17.9 Å². The third-order valence-corrected chi connectivity index (χ3v) is 5.75. The van der Waals surface area contributed by atoms with Crippen molar-refractivity contribution in [2.45, 2.75) is 45.6 Å². The molecule has 0 unspecified atom stereocenters. The van der Waals surface area contributed by atoms with E-state index >= 15 is 0 Å². The molecule has 7 heteroatoms. The van der Waals surface area contributed by atoms with Crippen LogP contribution in [0, 0.1) is 12.3 Å². The number of aliphatic carboxylic acids is 1. The lowest BCUT2D eigenvalue weighted by molar-refractivity contribution is -0.154. The molecule has 140 valence electrons. The topological polar surface area (TPSA) is 90.8 Å². The zero-order chi connectivity index (χ0) is 18.9. The molecule has 3 heterocycles. The Labute approximate surface area is 153 Å². The number of amides is 2. The van der Waals surface area contributed by atoms with E-state index in [1.165, 1.54) is 4.90 Å². The number of aryl methyl sites for hydroxylation is 1. The zero-order valence-electron chi connectivity index (χ0n) is 15.3. The number of carbonyl (C=O) groups is 3. The van der Waals surface area contributed by atoms with Gasteiger partial charge in [0.25, 0.3) is 5.91 Å². The van der Waals surface area contributed by atoms with E-state index in [1.54, 1.807) is 19.3 Å². The van der Waals surface area contributed by atoms with Gasteiger partial charge in [-0.15, -0.1) is 0 Å². The average Bonchev–Trinajstić information content (AvgIpc) is 2.63. The number of carbonyl (C=O) groups excluding carboxylic acids is 2. The number of hydrogen-bond donors (Lipinski definition) is 1. The minimum atomic E-state index is -0.977. The van der Waals surface area contributed by atoms with Crippen molar-refractivity contribution in [1.82, 2.24) is 14.8 Å². The third kappa shape index (κ3) is 3.57. The van der Waals surface area contributed by atoms with Gasteiger partial charge in [0.1, 0.15) is 6.04 Å². The van der Waals surface area contributed by atoms with Gasteiger partial charge in [0, 0.05) is 38.4 Å². The SMILES string of the molecule is Cc1cncc(C(=O)N2CCC3(CCC(=O)N([C@@H](C)C(=O)O)C3)CC2)c1. The summed E-state index contributed by atoms with van der Waals surface area (Å²) in [6, 6.07) is 1.03. The summed E-state index contributed by atoms with van der Waals surface area (Å²) in [6.07, 6.45) is 6.03. The fourth-order valence-corrected chi connectivity index (χ4v) is 3.98. The van der Waals surface area contributed by atoms with Crippen molar-refractivity contribution in [3.63, 3.8) is 0 Å². The molecule has 3 rings (SSSR count). The molecule has 1 atom stereocenters. The number of pyridine rings is 1. The Morgan fingerprint density at radius 1 is 1.23 bits per heavy atom. The van der Waals surface area contributed by atoms with E-state index in [9.17, 15) is 19.5 Å². The van der Waals surface area contributed by atoms with Crippen molar-refractivity contribution < 1.29 is 19.5 Å². The van der Waals surface area contributed by atoms with Crippen LogP contribution in [0.25, 0.3) is 0 Å². The highest BCUT2D eigenvalue weighted by molar-refractivity contribution is 5.94. The van der Waals surface area contributed by atoms with E-state index in [4.69, 9.17) is 0 Å². The van der Waals surface area contributed by atoms with Crippen molar-refractivity contribution >= 4 is 17.8 Å². The second-order valence-electron chi connectivity index (χ2n) is 7.58. The first kappa shape index (κ1) is 18.4. The lowest BCUT2D eigenvalue weighted by atomic mass is 9.72. The Morgan fingerprint density at radius 3 is 2.54 bits per heavy atom. The van der Waals surface area contributed by atoms with Crippen LogP contribution >= 0.6 is 0 Å². The molecule has 0 radical (unpaired) electrons. The van der Waals surface area contributed by atoms with Gasteiger partial charge in [0.05, 0.1) is 5.56 Å². The average molecular weight is 359 g/mol. The maximum atomic E-state index is 12.7. The lowest BCUT2D eigenvalue weighted by Crippen LogP contribution is -2.55. The molecular formula is C19H25N3O4. The van der Waals surface area contributed by atoms with Gasteiger partial charge in [-0.05, 0) is 50.2 Å². The molecule has 2 amide bonds. The van der Waals surface area contributed by atoms with Gasteiger partial charge in [0.15, 0.2) is 0 Å². The first-order valence-electron chi connectivity index (χ1n) is 9.04. The normalized spacial score (nSPS) is 20.9. The highest BCUT2D eigenvalue weighted by Gasteiger charge is 2.43. The van der Waals surface area contributed by atoms with E-state index < -0.39 is 12.0 Å². The highest BCUT2D eigenvalue weighted by atomic mass is 16.4. The number of rotatable bonds is 3. The molecule has 1 aromatic heterocycles. The molecule has 2 aliphatic heterocycles. The molecule has 1 aromatic rings. The van der Waals surface area contributed by atoms with Gasteiger partial charge in [-0.2, -0.15) is 0 Å². The molecule has 2 fully saturated rings. The van der Waals surface area contributed by atoms with Crippen molar-refractivity contribution in [3.8, 4) is 0 Å². The van der Waals surface area contributed by atoms with Crippen molar-refractivity contribution in [1.29, 1.82) is 0 Å². The smallest absolute Gasteiger partial charge is 0.326 e. The minimum absolute atomic E-state index is 0.0151. The summed E-state index contributed by atoms with van der Waals surface area (Å²) < 4.78 is 0. The molecule has 1 spiro atoms. The first-order chi connectivity index (χ1) is 12.3. The van der Waals surface area contributed by atoms with Crippen LogP contribution in [-0.4, -0.2) is 63.4 Å². The third-order valence-electron chi connectivity index (χ3n) is 5.75. The molecule has 0 saturated carbocycles. The van der Waals surface area contributed by atoms with E-state index in [0.29, 0.717) is 31.6 Å². The fourth-order valence-electron chi connectivity index (χ4n) is 3.98. The first-order valence-corrected chi connectivity index (χ1v) is 9.04. The second-order valence-corrected chi connectivity index (χ2v) is 7.58. The van der Waals surface area contributed by atoms with Crippen LogP contribution in [0.1, 0.15) is 48.5 Å². The Bertz CT molecular complexity index is 725.